The number of benzene rings is 1. The molecule has 1 saturated heterocycles. The summed E-state index contributed by atoms with van der Waals surface area (Å²) in [6.45, 7) is 8.22. The molecular weight excluding hydrogens is 186 g/mol. The first-order chi connectivity index (χ1) is 7.22. The third-order valence-electron chi connectivity index (χ3n) is 2.86. The van der Waals surface area contributed by atoms with Crippen molar-refractivity contribution in [3.63, 3.8) is 0 Å². The molecule has 1 aromatic rings. The molecule has 0 bridgehead atoms. The fraction of sp³-hybridized carbons (Fsp3) is 0.538. The minimum Gasteiger partial charge on any atom is -0.373 e. The lowest BCUT2D eigenvalue weighted by atomic mass is 9.95. The molecule has 0 saturated carbocycles. The predicted molar refractivity (Wildman–Crippen MR) is 61.8 cm³/mol. The highest BCUT2D eigenvalue weighted by Crippen LogP contribution is 2.25. The third kappa shape index (κ3) is 2.58. The number of hydrogen-bond acceptors (Lipinski definition) is 2. The molecule has 0 spiro atoms. The first-order valence-electron chi connectivity index (χ1n) is 5.62. The van der Waals surface area contributed by atoms with Crippen LogP contribution in [0.4, 0.5) is 0 Å². The van der Waals surface area contributed by atoms with E-state index in [4.69, 9.17) is 4.74 Å². The summed E-state index contributed by atoms with van der Waals surface area (Å²) in [4.78, 5) is 2.42. The van der Waals surface area contributed by atoms with Crippen molar-refractivity contribution in [2.75, 3.05) is 19.7 Å². The van der Waals surface area contributed by atoms with Crippen molar-refractivity contribution in [1.82, 2.24) is 4.90 Å². The normalized spacial score (nSPS) is 19.9. The lowest BCUT2D eigenvalue weighted by molar-refractivity contribution is -0.131. The Morgan fingerprint density at radius 1 is 1.27 bits per heavy atom. The minimum atomic E-state index is 0.101. The Bertz CT molecular complexity index is 304. The molecule has 2 heteroatoms. The molecule has 0 atom stereocenters. The molecule has 0 amide bonds. The summed E-state index contributed by atoms with van der Waals surface area (Å²) in [7, 11) is 0. The van der Waals surface area contributed by atoms with Crippen LogP contribution in [0.25, 0.3) is 0 Å². The monoisotopic (exact) mass is 205 g/mol. The smallest absolute Gasteiger partial charge is 0.0907 e. The summed E-state index contributed by atoms with van der Waals surface area (Å²) >= 11 is 0. The zero-order valence-corrected chi connectivity index (χ0v) is 9.57. The average Bonchev–Trinajstić information content (AvgIpc) is 2.17. The van der Waals surface area contributed by atoms with Crippen molar-refractivity contribution in [3.8, 4) is 0 Å². The van der Waals surface area contributed by atoms with Crippen LogP contribution in [0.2, 0.25) is 0 Å². The summed E-state index contributed by atoms with van der Waals surface area (Å²) in [5.41, 5.74) is 1.49. The molecule has 1 aliphatic heterocycles. The first-order valence-corrected chi connectivity index (χ1v) is 5.62. The number of ether oxygens (including phenoxy) is 1. The highest BCUT2D eigenvalue weighted by atomic mass is 16.5. The van der Waals surface area contributed by atoms with Gasteiger partial charge < -0.3 is 4.74 Å². The Labute approximate surface area is 91.9 Å². The van der Waals surface area contributed by atoms with Gasteiger partial charge in [-0.1, -0.05) is 30.3 Å². The van der Waals surface area contributed by atoms with Crippen molar-refractivity contribution >= 4 is 0 Å². The molecule has 0 aliphatic carbocycles. The van der Waals surface area contributed by atoms with Crippen LogP contribution in [0.1, 0.15) is 19.4 Å². The van der Waals surface area contributed by atoms with Crippen LogP contribution in [0.3, 0.4) is 0 Å². The molecule has 15 heavy (non-hydrogen) atoms. The van der Waals surface area contributed by atoms with Gasteiger partial charge in [-0.25, -0.2) is 0 Å². The Hall–Kier alpha value is -0.860. The molecule has 1 heterocycles. The summed E-state index contributed by atoms with van der Waals surface area (Å²) in [6.07, 6.45) is 0. The second kappa shape index (κ2) is 4.33. The fourth-order valence-corrected chi connectivity index (χ4v) is 2.29. The van der Waals surface area contributed by atoms with Gasteiger partial charge in [-0.15, -0.1) is 0 Å². The van der Waals surface area contributed by atoms with Gasteiger partial charge in [-0.05, 0) is 19.4 Å². The van der Waals surface area contributed by atoms with Crippen LogP contribution in [0.5, 0.6) is 0 Å². The number of nitrogens with zero attached hydrogens (tertiary/aromatic N) is 1. The van der Waals surface area contributed by atoms with Gasteiger partial charge in [0.2, 0.25) is 0 Å². The lowest BCUT2D eigenvalue weighted by Crippen LogP contribution is -2.60. The Morgan fingerprint density at radius 3 is 2.53 bits per heavy atom. The maximum atomic E-state index is 5.69. The SMILES string of the molecule is CCOC1(C)CN(Cc2ccccc2)C1. The van der Waals surface area contributed by atoms with E-state index in [2.05, 4.69) is 49.1 Å². The van der Waals surface area contributed by atoms with Crippen LogP contribution in [-0.4, -0.2) is 30.2 Å². The van der Waals surface area contributed by atoms with Crippen molar-refractivity contribution in [1.29, 1.82) is 0 Å². The number of likely N-dealkylation sites (tertiary alicyclic amines) is 1. The van der Waals surface area contributed by atoms with Gasteiger partial charge >= 0.3 is 0 Å². The van der Waals surface area contributed by atoms with Crippen molar-refractivity contribution < 1.29 is 4.74 Å². The quantitative estimate of drug-likeness (QED) is 0.748. The standard InChI is InChI=1S/C13H19NO/c1-3-15-13(2)10-14(11-13)9-12-7-5-4-6-8-12/h4-8H,3,9-11H2,1-2H3. The number of hydrogen-bond donors (Lipinski definition) is 0. The summed E-state index contributed by atoms with van der Waals surface area (Å²) < 4.78 is 5.69. The Kier molecular flexibility index (Phi) is 3.08. The van der Waals surface area contributed by atoms with E-state index < -0.39 is 0 Å². The fourth-order valence-electron chi connectivity index (χ4n) is 2.29. The molecular formula is C13H19NO. The zero-order chi connectivity index (χ0) is 10.7. The van der Waals surface area contributed by atoms with Gasteiger partial charge in [-0.2, -0.15) is 0 Å². The van der Waals surface area contributed by atoms with Crippen LogP contribution < -0.4 is 0 Å². The van der Waals surface area contributed by atoms with Gasteiger partial charge in [0.05, 0.1) is 5.60 Å². The maximum absolute atomic E-state index is 5.69. The molecule has 0 radical (unpaired) electrons. The van der Waals surface area contributed by atoms with E-state index in [-0.39, 0.29) is 5.60 Å². The molecule has 0 unspecified atom stereocenters. The first kappa shape index (κ1) is 10.7. The van der Waals surface area contributed by atoms with E-state index in [9.17, 15) is 0 Å². The van der Waals surface area contributed by atoms with Crippen LogP contribution >= 0.6 is 0 Å². The molecule has 1 aliphatic rings. The van der Waals surface area contributed by atoms with Crippen LogP contribution in [-0.2, 0) is 11.3 Å². The topological polar surface area (TPSA) is 12.5 Å². The highest BCUT2D eigenvalue weighted by molar-refractivity contribution is 5.15. The van der Waals surface area contributed by atoms with E-state index in [0.29, 0.717) is 0 Å². The third-order valence-corrected chi connectivity index (χ3v) is 2.86. The van der Waals surface area contributed by atoms with E-state index >= 15 is 0 Å². The maximum Gasteiger partial charge on any atom is 0.0907 e. The molecule has 1 aromatic carbocycles. The lowest BCUT2D eigenvalue weighted by Gasteiger charge is -2.47. The molecule has 2 nitrogen and oxygen atoms in total. The Balaban J connectivity index is 1.81. The largest absolute Gasteiger partial charge is 0.373 e. The van der Waals surface area contributed by atoms with E-state index in [1.807, 2.05) is 0 Å². The summed E-state index contributed by atoms with van der Waals surface area (Å²) in [5, 5.41) is 0. The zero-order valence-electron chi connectivity index (χ0n) is 9.57. The van der Waals surface area contributed by atoms with Crippen molar-refractivity contribution in [2.24, 2.45) is 0 Å². The van der Waals surface area contributed by atoms with Crippen molar-refractivity contribution in [2.45, 2.75) is 26.0 Å². The molecule has 0 aromatic heterocycles. The molecule has 1 fully saturated rings. The molecule has 82 valence electrons. The van der Waals surface area contributed by atoms with E-state index in [1.54, 1.807) is 0 Å². The van der Waals surface area contributed by atoms with Gasteiger partial charge in [0.1, 0.15) is 0 Å². The molecule has 2 rings (SSSR count). The van der Waals surface area contributed by atoms with Gasteiger partial charge in [0.15, 0.2) is 0 Å². The van der Waals surface area contributed by atoms with Gasteiger partial charge in [0.25, 0.3) is 0 Å². The van der Waals surface area contributed by atoms with Crippen molar-refractivity contribution in [3.05, 3.63) is 35.9 Å². The van der Waals surface area contributed by atoms with E-state index in [1.165, 1.54) is 5.56 Å². The average molecular weight is 205 g/mol. The van der Waals surface area contributed by atoms with Crippen LogP contribution in [0.15, 0.2) is 30.3 Å². The van der Waals surface area contributed by atoms with Crippen LogP contribution in [0, 0.1) is 0 Å². The van der Waals surface area contributed by atoms with E-state index in [0.717, 1.165) is 26.2 Å². The second-order valence-electron chi connectivity index (χ2n) is 4.51. The number of rotatable bonds is 4. The predicted octanol–water partition coefficient (Wildman–Crippen LogP) is 2.30. The minimum absolute atomic E-state index is 0.101. The summed E-state index contributed by atoms with van der Waals surface area (Å²) in [6, 6.07) is 10.6. The second-order valence-corrected chi connectivity index (χ2v) is 4.51. The van der Waals surface area contributed by atoms with Gasteiger partial charge in [-0.3, -0.25) is 4.90 Å². The molecule has 0 N–H and O–H groups in total. The highest BCUT2D eigenvalue weighted by Gasteiger charge is 2.38. The van der Waals surface area contributed by atoms with Gasteiger partial charge in [0, 0.05) is 26.2 Å². The summed E-state index contributed by atoms with van der Waals surface area (Å²) in [5.74, 6) is 0. The Morgan fingerprint density at radius 2 is 1.93 bits per heavy atom.